The van der Waals surface area contributed by atoms with Gasteiger partial charge < -0.3 is 15.0 Å². The second-order valence-electron chi connectivity index (χ2n) is 7.28. The average Bonchev–Trinajstić information content (AvgIpc) is 2.61. The van der Waals surface area contributed by atoms with Gasteiger partial charge in [-0.15, -0.1) is 0 Å². The number of rotatable bonds is 8. The fraction of sp³-hybridized carbons (Fsp3) is 0.737. The Balaban J connectivity index is 1.73. The third-order valence-electron chi connectivity index (χ3n) is 4.53. The Morgan fingerprint density at radius 3 is 2.64 bits per heavy atom. The molecule has 0 radical (unpaired) electrons. The van der Waals surface area contributed by atoms with Crippen molar-refractivity contribution in [3.63, 3.8) is 0 Å². The molecule has 0 unspecified atom stereocenters. The second-order valence-corrected chi connectivity index (χ2v) is 7.28. The molecule has 0 aromatic carbocycles. The van der Waals surface area contributed by atoms with E-state index in [1.54, 1.807) is 6.33 Å². The van der Waals surface area contributed by atoms with E-state index in [0.717, 1.165) is 43.9 Å². The average molecular weight is 348 g/mol. The number of anilines is 1. The minimum Gasteiger partial charge on any atom is -0.379 e. The molecule has 1 fully saturated rings. The van der Waals surface area contributed by atoms with Gasteiger partial charge in [-0.3, -0.25) is 4.79 Å². The highest BCUT2D eigenvalue weighted by atomic mass is 16.5. The van der Waals surface area contributed by atoms with Gasteiger partial charge in [0, 0.05) is 43.9 Å². The van der Waals surface area contributed by atoms with E-state index in [1.165, 1.54) is 0 Å². The van der Waals surface area contributed by atoms with Crippen LogP contribution in [0.3, 0.4) is 0 Å². The zero-order valence-corrected chi connectivity index (χ0v) is 16.0. The molecule has 0 bridgehead atoms. The van der Waals surface area contributed by atoms with Crippen molar-refractivity contribution in [2.45, 2.75) is 59.0 Å². The Hall–Kier alpha value is -1.69. The Morgan fingerprint density at radius 1 is 1.28 bits per heavy atom. The minimum absolute atomic E-state index is 0.105. The maximum absolute atomic E-state index is 12.3. The van der Waals surface area contributed by atoms with Crippen molar-refractivity contribution in [2.75, 3.05) is 31.1 Å². The Kier molecular flexibility index (Phi) is 7.62. The Labute approximate surface area is 151 Å². The van der Waals surface area contributed by atoms with Gasteiger partial charge in [0.1, 0.15) is 12.1 Å². The molecule has 25 heavy (non-hydrogen) atoms. The molecule has 0 spiro atoms. The van der Waals surface area contributed by atoms with E-state index in [0.29, 0.717) is 19.1 Å². The molecule has 140 valence electrons. The van der Waals surface area contributed by atoms with Crippen molar-refractivity contribution < 1.29 is 9.53 Å². The summed E-state index contributed by atoms with van der Waals surface area (Å²) in [5.41, 5.74) is 1.06. The van der Waals surface area contributed by atoms with Crippen LogP contribution in [0.5, 0.6) is 0 Å². The number of nitrogens with one attached hydrogen (secondary N) is 1. The lowest BCUT2D eigenvalue weighted by Crippen LogP contribution is -2.41. The second kappa shape index (κ2) is 9.70. The number of piperidine rings is 1. The molecule has 1 saturated heterocycles. The van der Waals surface area contributed by atoms with Crippen LogP contribution in [0, 0.1) is 5.92 Å². The number of carbonyl (C=O) groups is 1. The van der Waals surface area contributed by atoms with Crippen LogP contribution in [-0.2, 0) is 9.53 Å². The van der Waals surface area contributed by atoms with Crippen LogP contribution >= 0.6 is 0 Å². The fourth-order valence-electron chi connectivity index (χ4n) is 2.97. The van der Waals surface area contributed by atoms with Crippen LogP contribution in [0.2, 0.25) is 0 Å². The van der Waals surface area contributed by atoms with Gasteiger partial charge in [-0.2, -0.15) is 0 Å². The number of hydrogen-bond acceptors (Lipinski definition) is 5. The van der Waals surface area contributed by atoms with Gasteiger partial charge in [-0.1, -0.05) is 13.8 Å². The summed E-state index contributed by atoms with van der Waals surface area (Å²) in [6, 6.07) is 2.07. The van der Waals surface area contributed by atoms with Gasteiger partial charge in [0.05, 0.1) is 6.10 Å². The van der Waals surface area contributed by atoms with E-state index in [-0.39, 0.29) is 17.9 Å². The molecule has 2 heterocycles. The molecule has 6 nitrogen and oxygen atoms in total. The Bertz CT molecular complexity index is 540. The highest BCUT2D eigenvalue weighted by Gasteiger charge is 2.25. The van der Waals surface area contributed by atoms with Crippen LogP contribution in [0.15, 0.2) is 12.4 Å². The largest absolute Gasteiger partial charge is 0.379 e. The number of ether oxygens (including phenoxy) is 1. The van der Waals surface area contributed by atoms with Crippen molar-refractivity contribution in [3.05, 3.63) is 18.1 Å². The van der Waals surface area contributed by atoms with Gasteiger partial charge >= 0.3 is 0 Å². The smallest absolute Gasteiger partial charge is 0.223 e. The molecule has 0 aliphatic carbocycles. The lowest BCUT2D eigenvalue weighted by molar-refractivity contribution is -0.125. The van der Waals surface area contributed by atoms with E-state index < -0.39 is 0 Å². The monoisotopic (exact) mass is 348 g/mol. The number of amides is 1. The molecule has 0 saturated carbocycles. The summed E-state index contributed by atoms with van der Waals surface area (Å²) in [4.78, 5) is 23.3. The van der Waals surface area contributed by atoms with Gasteiger partial charge in [-0.05, 0) is 39.0 Å². The maximum Gasteiger partial charge on any atom is 0.223 e. The molecule has 0 atom stereocenters. The van der Waals surface area contributed by atoms with Crippen molar-refractivity contribution in [1.82, 2.24) is 15.3 Å². The number of aromatic nitrogens is 2. The molecular formula is C19H32N4O2. The highest BCUT2D eigenvalue weighted by Crippen LogP contribution is 2.23. The molecule has 1 N–H and O–H groups in total. The molecular weight excluding hydrogens is 316 g/mol. The molecule has 1 aliphatic heterocycles. The normalized spacial score (nSPS) is 15.8. The zero-order chi connectivity index (χ0) is 18.2. The summed E-state index contributed by atoms with van der Waals surface area (Å²) in [6.45, 7) is 11.4. The highest BCUT2D eigenvalue weighted by molar-refractivity contribution is 5.78. The van der Waals surface area contributed by atoms with E-state index in [4.69, 9.17) is 4.74 Å². The van der Waals surface area contributed by atoms with Crippen LogP contribution in [0.25, 0.3) is 0 Å². The van der Waals surface area contributed by atoms with E-state index in [9.17, 15) is 4.79 Å². The first-order valence-corrected chi connectivity index (χ1v) is 9.43. The summed E-state index contributed by atoms with van der Waals surface area (Å²) in [7, 11) is 0. The molecule has 6 heteroatoms. The van der Waals surface area contributed by atoms with E-state index in [1.807, 2.05) is 13.8 Å². The van der Waals surface area contributed by atoms with Crippen LogP contribution in [0.1, 0.15) is 58.6 Å². The van der Waals surface area contributed by atoms with Gasteiger partial charge in [-0.25, -0.2) is 9.97 Å². The molecule has 1 aliphatic rings. The Morgan fingerprint density at radius 2 is 2.00 bits per heavy atom. The van der Waals surface area contributed by atoms with Crippen molar-refractivity contribution in [1.29, 1.82) is 0 Å². The zero-order valence-electron chi connectivity index (χ0n) is 16.0. The quantitative estimate of drug-likeness (QED) is 0.732. The van der Waals surface area contributed by atoms with Crippen molar-refractivity contribution in [3.8, 4) is 0 Å². The van der Waals surface area contributed by atoms with Gasteiger partial charge in [0.15, 0.2) is 0 Å². The minimum atomic E-state index is 0.105. The first-order chi connectivity index (χ1) is 12.0. The summed E-state index contributed by atoms with van der Waals surface area (Å²) in [6.07, 6.45) is 4.49. The SMILES string of the molecule is CC(C)OCCCNC(=O)C1CCN(c2cc(C(C)C)ncn2)CC1. The summed E-state index contributed by atoms with van der Waals surface area (Å²) < 4.78 is 5.49. The lowest BCUT2D eigenvalue weighted by atomic mass is 9.96. The number of nitrogens with zero attached hydrogens (tertiary/aromatic N) is 3. The number of hydrogen-bond donors (Lipinski definition) is 1. The fourth-order valence-corrected chi connectivity index (χ4v) is 2.97. The van der Waals surface area contributed by atoms with Gasteiger partial charge in [0.25, 0.3) is 0 Å². The predicted molar refractivity (Wildman–Crippen MR) is 99.8 cm³/mol. The van der Waals surface area contributed by atoms with E-state index in [2.05, 4.69) is 40.1 Å². The summed E-state index contributed by atoms with van der Waals surface area (Å²) in [5, 5.41) is 3.04. The maximum atomic E-state index is 12.3. The molecule has 1 amide bonds. The third kappa shape index (κ3) is 6.27. The summed E-state index contributed by atoms with van der Waals surface area (Å²) in [5.74, 6) is 1.65. The van der Waals surface area contributed by atoms with E-state index >= 15 is 0 Å². The van der Waals surface area contributed by atoms with Crippen molar-refractivity contribution >= 4 is 11.7 Å². The lowest BCUT2D eigenvalue weighted by Gasteiger charge is -2.32. The summed E-state index contributed by atoms with van der Waals surface area (Å²) >= 11 is 0. The van der Waals surface area contributed by atoms with Crippen LogP contribution in [-0.4, -0.2) is 48.2 Å². The van der Waals surface area contributed by atoms with Crippen LogP contribution < -0.4 is 10.2 Å². The topological polar surface area (TPSA) is 67.3 Å². The first-order valence-electron chi connectivity index (χ1n) is 9.43. The molecule has 1 aromatic heterocycles. The number of carbonyl (C=O) groups excluding carboxylic acids is 1. The molecule has 2 rings (SSSR count). The third-order valence-corrected chi connectivity index (χ3v) is 4.53. The van der Waals surface area contributed by atoms with Gasteiger partial charge in [0.2, 0.25) is 5.91 Å². The molecule has 1 aromatic rings. The first kappa shape index (κ1) is 19.6. The van der Waals surface area contributed by atoms with Crippen molar-refractivity contribution in [2.24, 2.45) is 5.92 Å². The van der Waals surface area contributed by atoms with Crippen LogP contribution in [0.4, 0.5) is 5.82 Å². The standard InChI is InChI=1S/C19H32N4O2/c1-14(2)17-12-18(22-13-21-17)23-9-6-16(7-10-23)19(24)20-8-5-11-25-15(3)4/h12-16H,5-11H2,1-4H3,(H,20,24). The predicted octanol–water partition coefficient (Wildman–Crippen LogP) is 2.75.